The van der Waals surface area contributed by atoms with E-state index < -0.39 is 0 Å². The second kappa shape index (κ2) is 8.83. The maximum atomic E-state index is 5.27. The van der Waals surface area contributed by atoms with E-state index in [9.17, 15) is 0 Å². The molecule has 0 fully saturated rings. The fourth-order valence-electron chi connectivity index (χ4n) is 2.03. The van der Waals surface area contributed by atoms with Crippen molar-refractivity contribution in [3.63, 3.8) is 0 Å². The summed E-state index contributed by atoms with van der Waals surface area (Å²) >= 11 is 1.73. The predicted octanol–water partition coefficient (Wildman–Crippen LogP) is 2.92. The van der Waals surface area contributed by atoms with Gasteiger partial charge in [-0.2, -0.15) is 0 Å². The molecule has 3 aromatic rings. The van der Waals surface area contributed by atoms with E-state index in [0.29, 0.717) is 29.9 Å². The van der Waals surface area contributed by atoms with E-state index in [-0.39, 0.29) is 24.0 Å². The molecule has 0 spiro atoms. The lowest BCUT2D eigenvalue weighted by Gasteiger charge is -2.10. The van der Waals surface area contributed by atoms with Crippen LogP contribution in [0.2, 0.25) is 0 Å². The van der Waals surface area contributed by atoms with Crippen LogP contribution in [0.5, 0.6) is 0 Å². The normalized spacial score (nSPS) is 11.2. The Labute approximate surface area is 161 Å². The molecule has 0 radical (unpaired) electrons. The van der Waals surface area contributed by atoms with Gasteiger partial charge in [-0.3, -0.25) is 10.1 Å². The molecule has 0 aromatic carbocycles. The lowest BCUT2D eigenvalue weighted by Crippen LogP contribution is -2.36. The highest BCUT2D eigenvalue weighted by atomic mass is 127. The van der Waals surface area contributed by atoms with Crippen molar-refractivity contribution in [2.24, 2.45) is 4.99 Å². The molecular weight excluding hydrogens is 439 g/mol. The Morgan fingerprint density at radius 3 is 2.83 bits per heavy atom. The summed E-state index contributed by atoms with van der Waals surface area (Å²) in [6.45, 7) is 3.35. The molecule has 3 heterocycles. The largest absolute Gasteiger partial charge is 0.461 e. The summed E-state index contributed by atoms with van der Waals surface area (Å²) in [6, 6.07) is 5.74. The number of nitrogens with zero attached hydrogens (tertiary/aromatic N) is 3. The first-order valence-corrected chi connectivity index (χ1v) is 8.07. The van der Waals surface area contributed by atoms with Gasteiger partial charge in [-0.05, 0) is 36.1 Å². The van der Waals surface area contributed by atoms with Gasteiger partial charge in [0.1, 0.15) is 5.82 Å². The highest BCUT2D eigenvalue weighted by molar-refractivity contribution is 14.0. The molecule has 0 aliphatic heterocycles. The summed E-state index contributed by atoms with van der Waals surface area (Å²) < 4.78 is 5.27. The molecule has 0 aliphatic rings. The van der Waals surface area contributed by atoms with Crippen LogP contribution in [-0.2, 0) is 13.1 Å². The number of hydrogen-bond acceptors (Lipinski definition) is 5. The molecule has 3 N–H and O–H groups in total. The molecule has 0 unspecified atom stereocenters. The molecule has 3 aromatic heterocycles. The lowest BCUT2D eigenvalue weighted by atomic mass is 10.3. The quantitative estimate of drug-likeness (QED) is 0.311. The fraction of sp³-hybridized carbons (Fsp3) is 0.267. The van der Waals surface area contributed by atoms with Gasteiger partial charge in [0.2, 0.25) is 5.82 Å². The third kappa shape index (κ3) is 4.57. The first-order valence-electron chi connectivity index (χ1n) is 7.19. The third-order valence-corrected chi connectivity index (χ3v) is 4.33. The highest BCUT2D eigenvalue weighted by Crippen LogP contribution is 2.15. The van der Waals surface area contributed by atoms with Crippen molar-refractivity contribution in [2.45, 2.75) is 20.0 Å². The number of aromatic amines is 1. The van der Waals surface area contributed by atoms with Crippen LogP contribution in [0.25, 0.3) is 11.6 Å². The van der Waals surface area contributed by atoms with Gasteiger partial charge in [0.25, 0.3) is 0 Å². The maximum absolute atomic E-state index is 5.27. The van der Waals surface area contributed by atoms with Crippen LogP contribution in [0, 0.1) is 6.92 Å². The average molecular weight is 458 g/mol. The van der Waals surface area contributed by atoms with E-state index in [1.165, 1.54) is 10.4 Å². The van der Waals surface area contributed by atoms with Gasteiger partial charge in [-0.1, -0.05) is 0 Å². The summed E-state index contributed by atoms with van der Waals surface area (Å²) in [5.41, 5.74) is 1.29. The Hall–Kier alpha value is -1.88. The van der Waals surface area contributed by atoms with Gasteiger partial charge < -0.3 is 15.1 Å². The van der Waals surface area contributed by atoms with Gasteiger partial charge in [0.15, 0.2) is 11.7 Å². The number of aryl methyl sites for hydroxylation is 1. The SMILES string of the molecule is CN=C(NCc1nc(-c2ccco2)n[nH]1)NCc1sccc1C.I. The Morgan fingerprint density at radius 1 is 1.33 bits per heavy atom. The van der Waals surface area contributed by atoms with Gasteiger partial charge in [0.05, 0.1) is 19.4 Å². The molecule has 24 heavy (non-hydrogen) atoms. The van der Waals surface area contributed by atoms with Gasteiger partial charge in [-0.25, -0.2) is 4.98 Å². The summed E-state index contributed by atoms with van der Waals surface area (Å²) in [5.74, 6) is 2.62. The van der Waals surface area contributed by atoms with Gasteiger partial charge in [-0.15, -0.1) is 40.4 Å². The number of nitrogens with one attached hydrogen (secondary N) is 3. The van der Waals surface area contributed by atoms with Gasteiger partial charge in [0, 0.05) is 11.9 Å². The Morgan fingerprint density at radius 2 is 2.17 bits per heavy atom. The molecule has 128 valence electrons. The Balaban J connectivity index is 0.00000208. The summed E-state index contributed by atoms with van der Waals surface area (Å²) in [4.78, 5) is 9.89. The zero-order valence-corrected chi connectivity index (χ0v) is 16.5. The van der Waals surface area contributed by atoms with Crippen molar-refractivity contribution >= 4 is 41.3 Å². The minimum atomic E-state index is 0. The van der Waals surface area contributed by atoms with E-state index in [2.05, 4.69) is 49.2 Å². The zero-order valence-electron chi connectivity index (χ0n) is 13.4. The molecule has 0 saturated carbocycles. The smallest absolute Gasteiger partial charge is 0.216 e. The van der Waals surface area contributed by atoms with E-state index in [1.807, 2.05) is 12.1 Å². The summed E-state index contributed by atoms with van der Waals surface area (Å²) in [6.07, 6.45) is 1.60. The zero-order chi connectivity index (χ0) is 16.1. The van der Waals surface area contributed by atoms with Crippen LogP contribution >= 0.6 is 35.3 Å². The van der Waals surface area contributed by atoms with Crippen LogP contribution in [0.4, 0.5) is 0 Å². The van der Waals surface area contributed by atoms with Crippen molar-refractivity contribution < 1.29 is 4.42 Å². The first-order chi connectivity index (χ1) is 11.3. The molecular formula is C15H19IN6OS. The number of thiophene rings is 1. The van der Waals surface area contributed by atoms with Crippen LogP contribution in [0.1, 0.15) is 16.3 Å². The van der Waals surface area contributed by atoms with E-state index in [1.54, 1.807) is 24.6 Å². The fourth-order valence-corrected chi connectivity index (χ4v) is 2.87. The maximum Gasteiger partial charge on any atom is 0.216 e. The molecule has 9 heteroatoms. The van der Waals surface area contributed by atoms with Crippen molar-refractivity contribution in [2.75, 3.05) is 7.05 Å². The number of rotatable bonds is 5. The third-order valence-electron chi connectivity index (χ3n) is 3.30. The monoisotopic (exact) mass is 458 g/mol. The Bertz CT molecular complexity index is 780. The molecule has 0 atom stereocenters. The molecule has 0 aliphatic carbocycles. The summed E-state index contributed by atoms with van der Waals surface area (Å²) in [5, 5.41) is 15.6. The number of guanidine groups is 1. The number of halogens is 1. The topological polar surface area (TPSA) is 91.1 Å². The summed E-state index contributed by atoms with van der Waals surface area (Å²) in [7, 11) is 1.74. The second-order valence-electron chi connectivity index (χ2n) is 4.89. The number of furan rings is 1. The number of hydrogen-bond donors (Lipinski definition) is 3. The first kappa shape index (κ1) is 18.5. The number of aliphatic imine (C=N–C) groups is 1. The molecule has 7 nitrogen and oxygen atoms in total. The second-order valence-corrected chi connectivity index (χ2v) is 5.89. The van der Waals surface area contributed by atoms with Gasteiger partial charge >= 0.3 is 0 Å². The molecule has 0 amide bonds. The lowest BCUT2D eigenvalue weighted by molar-refractivity contribution is 0.577. The van der Waals surface area contributed by atoms with Crippen molar-refractivity contribution in [1.29, 1.82) is 0 Å². The minimum absolute atomic E-state index is 0. The van der Waals surface area contributed by atoms with Crippen LogP contribution < -0.4 is 10.6 Å². The average Bonchev–Trinajstić information content (AvgIpc) is 3.28. The number of H-pyrrole nitrogens is 1. The van der Waals surface area contributed by atoms with Crippen LogP contribution in [0.3, 0.4) is 0 Å². The Kier molecular flexibility index (Phi) is 6.79. The van der Waals surface area contributed by atoms with E-state index in [4.69, 9.17) is 4.42 Å². The van der Waals surface area contributed by atoms with Crippen molar-refractivity contribution in [3.05, 3.63) is 46.1 Å². The minimum Gasteiger partial charge on any atom is -0.461 e. The van der Waals surface area contributed by atoms with E-state index >= 15 is 0 Å². The van der Waals surface area contributed by atoms with E-state index in [0.717, 1.165) is 6.54 Å². The predicted molar refractivity (Wildman–Crippen MR) is 106 cm³/mol. The molecule has 0 bridgehead atoms. The standard InChI is InChI=1S/C15H18N6OS.HI/c1-10-5-7-23-12(10)8-17-15(16-2)18-9-13-19-14(21-20-13)11-4-3-6-22-11;/h3-7H,8-9H2,1-2H3,(H2,16,17,18)(H,19,20,21);1H. The van der Waals surface area contributed by atoms with Crippen LogP contribution in [0.15, 0.2) is 39.3 Å². The van der Waals surface area contributed by atoms with Crippen molar-refractivity contribution in [1.82, 2.24) is 25.8 Å². The van der Waals surface area contributed by atoms with Crippen LogP contribution in [-0.4, -0.2) is 28.2 Å². The molecule has 3 rings (SSSR count). The highest BCUT2D eigenvalue weighted by Gasteiger charge is 2.09. The molecule has 0 saturated heterocycles. The number of aromatic nitrogens is 3. The van der Waals surface area contributed by atoms with Crippen molar-refractivity contribution in [3.8, 4) is 11.6 Å².